The van der Waals surface area contributed by atoms with Crippen molar-refractivity contribution in [2.24, 2.45) is 0 Å². The zero-order chi connectivity index (χ0) is 10.4. The number of rotatable bonds is 6. The van der Waals surface area contributed by atoms with Gasteiger partial charge in [-0.05, 0) is 29.8 Å². The Kier molecular flexibility index (Phi) is 5.14. The van der Waals surface area contributed by atoms with Crippen LogP contribution >= 0.6 is 15.9 Å². The Labute approximate surface area is 92.3 Å². The first kappa shape index (κ1) is 11.7. The van der Waals surface area contributed by atoms with Gasteiger partial charge < -0.3 is 9.47 Å². The lowest BCUT2D eigenvalue weighted by Gasteiger charge is -2.16. The summed E-state index contributed by atoms with van der Waals surface area (Å²) in [4.78, 5) is 0. The van der Waals surface area contributed by atoms with Crippen LogP contribution in [-0.2, 0) is 16.0 Å². The topological polar surface area (TPSA) is 36.3 Å². The van der Waals surface area contributed by atoms with E-state index in [0.29, 0.717) is 19.8 Å². The van der Waals surface area contributed by atoms with Crippen molar-refractivity contribution in [3.05, 3.63) is 16.9 Å². The van der Waals surface area contributed by atoms with E-state index in [1.165, 1.54) is 0 Å². The van der Waals surface area contributed by atoms with Gasteiger partial charge in [-0.15, -0.1) is 0 Å². The van der Waals surface area contributed by atoms with Gasteiger partial charge in [-0.3, -0.25) is 4.68 Å². The monoisotopic (exact) mass is 262 g/mol. The van der Waals surface area contributed by atoms with Crippen LogP contribution in [-0.4, -0.2) is 29.3 Å². The normalized spacial score (nSPS) is 11.1. The second-order valence-corrected chi connectivity index (χ2v) is 3.64. The van der Waals surface area contributed by atoms with Gasteiger partial charge >= 0.3 is 0 Å². The van der Waals surface area contributed by atoms with Crippen LogP contribution in [0.4, 0.5) is 0 Å². The third-order valence-corrected chi connectivity index (χ3v) is 2.05. The van der Waals surface area contributed by atoms with Gasteiger partial charge in [-0.2, -0.15) is 5.10 Å². The van der Waals surface area contributed by atoms with E-state index in [9.17, 15) is 0 Å². The van der Waals surface area contributed by atoms with Gasteiger partial charge in [0.2, 0.25) is 0 Å². The minimum Gasteiger partial charge on any atom is -0.351 e. The van der Waals surface area contributed by atoms with E-state index in [0.717, 1.165) is 4.47 Å². The molecule has 0 atom stereocenters. The highest BCUT2D eigenvalue weighted by atomic mass is 79.9. The quantitative estimate of drug-likeness (QED) is 0.737. The summed E-state index contributed by atoms with van der Waals surface area (Å²) < 4.78 is 13.5. The Morgan fingerprint density at radius 2 is 2.07 bits per heavy atom. The minimum atomic E-state index is -0.211. The zero-order valence-electron chi connectivity index (χ0n) is 8.44. The number of nitrogens with zero attached hydrogens (tertiary/aromatic N) is 2. The largest absolute Gasteiger partial charge is 0.351 e. The molecule has 0 amide bonds. The number of hydrogen-bond donors (Lipinski definition) is 0. The average Bonchev–Trinajstić information content (AvgIpc) is 2.52. The molecule has 0 aliphatic rings. The molecule has 0 aromatic carbocycles. The van der Waals surface area contributed by atoms with E-state index in [2.05, 4.69) is 21.0 Å². The maximum absolute atomic E-state index is 5.40. The molecule has 0 saturated carbocycles. The van der Waals surface area contributed by atoms with Crippen molar-refractivity contribution >= 4 is 15.9 Å². The van der Waals surface area contributed by atoms with E-state index in [-0.39, 0.29) is 6.29 Å². The Morgan fingerprint density at radius 3 is 2.50 bits per heavy atom. The summed E-state index contributed by atoms with van der Waals surface area (Å²) in [6, 6.07) is 0. The smallest absolute Gasteiger partial charge is 0.176 e. The Morgan fingerprint density at radius 1 is 1.43 bits per heavy atom. The molecule has 0 unspecified atom stereocenters. The van der Waals surface area contributed by atoms with Crippen LogP contribution in [0, 0.1) is 0 Å². The minimum absolute atomic E-state index is 0.211. The third-order valence-electron chi connectivity index (χ3n) is 1.64. The van der Waals surface area contributed by atoms with Gasteiger partial charge in [0.1, 0.15) is 0 Å². The highest BCUT2D eigenvalue weighted by molar-refractivity contribution is 9.10. The first-order valence-electron chi connectivity index (χ1n) is 4.67. The SMILES string of the molecule is CCOC(Cn1cc(Br)cn1)OCC. The van der Waals surface area contributed by atoms with Crippen molar-refractivity contribution in [1.82, 2.24) is 9.78 Å². The maximum atomic E-state index is 5.40. The van der Waals surface area contributed by atoms with Crippen molar-refractivity contribution < 1.29 is 9.47 Å². The van der Waals surface area contributed by atoms with E-state index >= 15 is 0 Å². The molecule has 0 aliphatic heterocycles. The van der Waals surface area contributed by atoms with Crippen LogP contribution in [0.2, 0.25) is 0 Å². The molecular formula is C9H15BrN2O2. The third kappa shape index (κ3) is 3.77. The predicted octanol–water partition coefficient (Wildman–Crippen LogP) is 2.04. The van der Waals surface area contributed by atoms with Gasteiger partial charge in [0, 0.05) is 19.4 Å². The Bertz CT molecular complexity index is 259. The second kappa shape index (κ2) is 6.16. The van der Waals surface area contributed by atoms with Crippen LogP contribution in [0.5, 0.6) is 0 Å². The number of halogens is 1. The number of hydrogen-bond acceptors (Lipinski definition) is 3. The zero-order valence-corrected chi connectivity index (χ0v) is 10.0. The Balaban J connectivity index is 2.46. The fourth-order valence-electron chi connectivity index (χ4n) is 1.12. The van der Waals surface area contributed by atoms with Gasteiger partial charge in [0.15, 0.2) is 6.29 Å². The van der Waals surface area contributed by atoms with Crippen molar-refractivity contribution in [3.8, 4) is 0 Å². The fraction of sp³-hybridized carbons (Fsp3) is 0.667. The molecule has 14 heavy (non-hydrogen) atoms. The summed E-state index contributed by atoms with van der Waals surface area (Å²) in [5.74, 6) is 0. The lowest BCUT2D eigenvalue weighted by atomic mass is 10.6. The summed E-state index contributed by atoms with van der Waals surface area (Å²) in [7, 11) is 0. The molecule has 0 radical (unpaired) electrons. The molecule has 1 rings (SSSR count). The summed E-state index contributed by atoms with van der Waals surface area (Å²) in [5.41, 5.74) is 0. The standard InChI is InChI=1S/C9H15BrN2O2/c1-3-13-9(14-4-2)7-12-6-8(10)5-11-12/h5-6,9H,3-4,7H2,1-2H3. The molecule has 4 nitrogen and oxygen atoms in total. The lowest BCUT2D eigenvalue weighted by Crippen LogP contribution is -2.23. The molecular weight excluding hydrogens is 248 g/mol. The first-order valence-corrected chi connectivity index (χ1v) is 5.46. The van der Waals surface area contributed by atoms with Crippen molar-refractivity contribution in [2.45, 2.75) is 26.7 Å². The van der Waals surface area contributed by atoms with Crippen LogP contribution in [0.25, 0.3) is 0 Å². The van der Waals surface area contributed by atoms with Gasteiger partial charge in [-0.25, -0.2) is 0 Å². The van der Waals surface area contributed by atoms with Crippen LogP contribution in [0.1, 0.15) is 13.8 Å². The van der Waals surface area contributed by atoms with E-state index in [1.807, 2.05) is 20.0 Å². The van der Waals surface area contributed by atoms with Crippen LogP contribution in [0.15, 0.2) is 16.9 Å². The van der Waals surface area contributed by atoms with Crippen molar-refractivity contribution in [3.63, 3.8) is 0 Å². The number of ether oxygens (including phenoxy) is 2. The van der Waals surface area contributed by atoms with E-state index in [4.69, 9.17) is 9.47 Å². The lowest BCUT2D eigenvalue weighted by molar-refractivity contribution is -0.144. The van der Waals surface area contributed by atoms with Gasteiger partial charge in [-0.1, -0.05) is 0 Å². The molecule has 0 aliphatic carbocycles. The molecule has 0 bridgehead atoms. The number of aromatic nitrogens is 2. The molecule has 1 aromatic rings. The Hall–Kier alpha value is -0.390. The van der Waals surface area contributed by atoms with Gasteiger partial charge in [0.25, 0.3) is 0 Å². The summed E-state index contributed by atoms with van der Waals surface area (Å²) in [5, 5.41) is 4.13. The summed E-state index contributed by atoms with van der Waals surface area (Å²) >= 11 is 3.34. The molecule has 5 heteroatoms. The van der Waals surface area contributed by atoms with Crippen molar-refractivity contribution in [1.29, 1.82) is 0 Å². The molecule has 0 fully saturated rings. The maximum Gasteiger partial charge on any atom is 0.176 e. The summed E-state index contributed by atoms with van der Waals surface area (Å²) in [6.07, 6.45) is 3.43. The molecule has 0 saturated heterocycles. The highest BCUT2D eigenvalue weighted by Gasteiger charge is 2.09. The molecule has 0 spiro atoms. The molecule has 0 N–H and O–H groups in total. The fourth-order valence-corrected chi connectivity index (χ4v) is 1.44. The molecule has 80 valence electrons. The molecule has 1 aromatic heterocycles. The van der Waals surface area contributed by atoms with E-state index in [1.54, 1.807) is 10.9 Å². The summed E-state index contributed by atoms with van der Waals surface area (Å²) in [6.45, 7) is 5.81. The van der Waals surface area contributed by atoms with Crippen LogP contribution in [0.3, 0.4) is 0 Å². The van der Waals surface area contributed by atoms with Gasteiger partial charge in [0.05, 0.1) is 17.2 Å². The average molecular weight is 263 g/mol. The first-order chi connectivity index (χ1) is 6.76. The predicted molar refractivity (Wildman–Crippen MR) is 57.0 cm³/mol. The highest BCUT2D eigenvalue weighted by Crippen LogP contribution is 2.07. The van der Waals surface area contributed by atoms with Crippen molar-refractivity contribution in [2.75, 3.05) is 13.2 Å². The van der Waals surface area contributed by atoms with E-state index < -0.39 is 0 Å². The van der Waals surface area contributed by atoms with Crippen LogP contribution < -0.4 is 0 Å². The second-order valence-electron chi connectivity index (χ2n) is 2.72. The molecule has 1 heterocycles.